The average molecular weight is 384 g/mol. The molecule has 0 aromatic heterocycles. The summed E-state index contributed by atoms with van der Waals surface area (Å²) < 4.78 is 0. The lowest BCUT2D eigenvalue weighted by Crippen LogP contribution is -2.55. The molecular formula is C21H45N5O. The largest absolute Gasteiger partial charge is 0.334 e. The Hall–Kier alpha value is -0.850. The molecule has 0 radical (unpaired) electrons. The van der Waals surface area contributed by atoms with Crippen molar-refractivity contribution in [1.29, 1.82) is 0 Å². The Kier molecular flexibility index (Phi) is 12.7. The van der Waals surface area contributed by atoms with Gasteiger partial charge in [-0.05, 0) is 45.8 Å². The van der Waals surface area contributed by atoms with Gasteiger partial charge in [0.1, 0.15) is 0 Å². The van der Waals surface area contributed by atoms with E-state index in [0.717, 1.165) is 52.4 Å². The van der Waals surface area contributed by atoms with Crippen LogP contribution in [0.4, 0.5) is 4.79 Å². The molecule has 0 bridgehead atoms. The molecule has 1 aliphatic heterocycles. The number of urea groups is 1. The first kappa shape index (κ1) is 24.2. The summed E-state index contributed by atoms with van der Waals surface area (Å²) >= 11 is 0. The van der Waals surface area contributed by atoms with Crippen molar-refractivity contribution < 1.29 is 4.79 Å². The molecule has 0 spiro atoms. The van der Waals surface area contributed by atoms with E-state index in [0.29, 0.717) is 0 Å². The molecule has 6 nitrogen and oxygen atoms in total. The quantitative estimate of drug-likeness (QED) is 0.291. The van der Waals surface area contributed by atoms with Crippen LogP contribution in [0.3, 0.4) is 0 Å². The van der Waals surface area contributed by atoms with Crippen molar-refractivity contribution in [2.45, 2.75) is 72.3 Å². The lowest BCUT2D eigenvalue weighted by atomic mass is 9.86. The molecule has 0 aromatic rings. The Morgan fingerprint density at radius 1 is 0.926 bits per heavy atom. The highest BCUT2D eigenvalue weighted by molar-refractivity contribution is 5.76. The molecule has 1 rings (SSSR count). The highest BCUT2D eigenvalue weighted by atomic mass is 16.2. The van der Waals surface area contributed by atoms with E-state index in [2.05, 4.69) is 49.0 Å². The second-order valence-electron chi connectivity index (χ2n) is 8.32. The van der Waals surface area contributed by atoms with E-state index in [1.54, 1.807) is 0 Å². The fourth-order valence-corrected chi connectivity index (χ4v) is 3.62. The average Bonchev–Trinajstić information content (AvgIpc) is 2.96. The van der Waals surface area contributed by atoms with Crippen LogP contribution in [0.15, 0.2) is 0 Å². The Bertz CT molecular complexity index is 359. The van der Waals surface area contributed by atoms with E-state index >= 15 is 0 Å². The summed E-state index contributed by atoms with van der Waals surface area (Å²) in [4.78, 5) is 14.4. The van der Waals surface area contributed by atoms with Gasteiger partial charge in [-0.2, -0.15) is 0 Å². The van der Waals surface area contributed by atoms with Crippen LogP contribution in [0.1, 0.15) is 66.2 Å². The number of nitrogens with zero attached hydrogens (tertiary/aromatic N) is 1. The van der Waals surface area contributed by atoms with Gasteiger partial charge < -0.3 is 26.2 Å². The standard InChI is InChI=1S/C21H45N5O/c1-5-8-11-22-15-21(16-23-12-9-6-2,17-24-13-10-7-3)18-26-14-19(4)25-20(26)27/h19,22-24H,5-18H2,1-4H3,(H,25,27). The molecule has 2 amide bonds. The Balaban J connectivity index is 2.77. The third kappa shape index (κ3) is 9.77. The van der Waals surface area contributed by atoms with Crippen LogP contribution < -0.4 is 21.3 Å². The number of rotatable bonds is 17. The van der Waals surface area contributed by atoms with Crippen molar-refractivity contribution in [3.05, 3.63) is 0 Å². The van der Waals surface area contributed by atoms with Crippen molar-refractivity contribution in [3.63, 3.8) is 0 Å². The van der Waals surface area contributed by atoms with E-state index in [1.807, 2.05) is 4.90 Å². The molecular weight excluding hydrogens is 338 g/mol. The zero-order valence-corrected chi connectivity index (χ0v) is 18.3. The van der Waals surface area contributed by atoms with Crippen molar-refractivity contribution in [2.24, 2.45) is 5.41 Å². The van der Waals surface area contributed by atoms with E-state index < -0.39 is 0 Å². The number of hydrogen-bond acceptors (Lipinski definition) is 4. The predicted molar refractivity (Wildman–Crippen MR) is 115 cm³/mol. The van der Waals surface area contributed by atoms with Crippen LogP contribution in [-0.2, 0) is 0 Å². The number of amides is 2. The number of carbonyl (C=O) groups is 1. The minimum Gasteiger partial charge on any atom is -0.334 e. The number of hydrogen-bond donors (Lipinski definition) is 4. The van der Waals surface area contributed by atoms with Crippen LogP contribution in [0.2, 0.25) is 0 Å². The van der Waals surface area contributed by atoms with Gasteiger partial charge in [0.2, 0.25) is 0 Å². The topological polar surface area (TPSA) is 68.4 Å². The van der Waals surface area contributed by atoms with Gasteiger partial charge in [-0.15, -0.1) is 0 Å². The van der Waals surface area contributed by atoms with Crippen LogP contribution in [0.25, 0.3) is 0 Å². The molecule has 27 heavy (non-hydrogen) atoms. The number of unbranched alkanes of at least 4 members (excludes halogenated alkanes) is 3. The maximum Gasteiger partial charge on any atom is 0.317 e. The molecule has 1 unspecified atom stereocenters. The summed E-state index contributed by atoms with van der Waals surface area (Å²) in [7, 11) is 0. The first-order chi connectivity index (χ1) is 13.1. The Morgan fingerprint density at radius 3 is 1.70 bits per heavy atom. The van der Waals surface area contributed by atoms with E-state index in [9.17, 15) is 4.79 Å². The molecule has 0 aromatic carbocycles. The predicted octanol–water partition coefficient (Wildman–Crippen LogP) is 2.56. The van der Waals surface area contributed by atoms with Crippen molar-refractivity contribution in [3.8, 4) is 0 Å². The maximum atomic E-state index is 12.3. The zero-order chi connectivity index (χ0) is 20.0. The van der Waals surface area contributed by atoms with Crippen LogP contribution in [0, 0.1) is 5.41 Å². The first-order valence-electron chi connectivity index (χ1n) is 11.2. The van der Waals surface area contributed by atoms with Gasteiger partial charge in [-0.1, -0.05) is 40.0 Å². The van der Waals surface area contributed by atoms with E-state index in [1.165, 1.54) is 38.5 Å². The smallest absolute Gasteiger partial charge is 0.317 e. The van der Waals surface area contributed by atoms with E-state index in [4.69, 9.17) is 0 Å². The van der Waals surface area contributed by atoms with Gasteiger partial charge >= 0.3 is 6.03 Å². The highest BCUT2D eigenvalue weighted by Gasteiger charge is 2.36. The normalized spacial score (nSPS) is 17.6. The summed E-state index contributed by atoms with van der Waals surface area (Å²) in [6.07, 6.45) is 7.21. The van der Waals surface area contributed by atoms with Gasteiger partial charge in [0.25, 0.3) is 0 Å². The summed E-state index contributed by atoms with van der Waals surface area (Å²) in [5, 5.41) is 14.1. The molecule has 1 atom stereocenters. The fourth-order valence-electron chi connectivity index (χ4n) is 3.62. The molecule has 1 heterocycles. The molecule has 1 saturated heterocycles. The maximum absolute atomic E-state index is 12.3. The molecule has 4 N–H and O–H groups in total. The van der Waals surface area contributed by atoms with Crippen LogP contribution in [-0.4, -0.2) is 69.3 Å². The van der Waals surface area contributed by atoms with Crippen molar-refractivity contribution in [2.75, 3.05) is 52.4 Å². The summed E-state index contributed by atoms with van der Waals surface area (Å²) in [5.41, 5.74) is 0.0105. The number of nitrogens with one attached hydrogen (secondary N) is 4. The van der Waals surface area contributed by atoms with Gasteiger partial charge in [0, 0.05) is 44.2 Å². The SMILES string of the molecule is CCCCNCC(CNCCCC)(CNCCCC)CN1CC(C)NC1=O. The van der Waals surface area contributed by atoms with Gasteiger partial charge in [0.15, 0.2) is 0 Å². The highest BCUT2D eigenvalue weighted by Crippen LogP contribution is 2.20. The molecule has 0 saturated carbocycles. The van der Waals surface area contributed by atoms with Gasteiger partial charge in [-0.25, -0.2) is 4.79 Å². The van der Waals surface area contributed by atoms with Gasteiger partial charge in [-0.3, -0.25) is 0 Å². The minimum absolute atomic E-state index is 0.0105. The first-order valence-corrected chi connectivity index (χ1v) is 11.2. The van der Waals surface area contributed by atoms with Gasteiger partial charge in [0.05, 0.1) is 0 Å². The fraction of sp³-hybridized carbons (Fsp3) is 0.952. The van der Waals surface area contributed by atoms with Crippen molar-refractivity contribution >= 4 is 6.03 Å². The Morgan fingerprint density at radius 2 is 1.37 bits per heavy atom. The Labute approximate surface area is 167 Å². The molecule has 160 valence electrons. The third-order valence-electron chi connectivity index (χ3n) is 5.30. The monoisotopic (exact) mass is 383 g/mol. The lowest BCUT2D eigenvalue weighted by molar-refractivity contribution is 0.159. The minimum atomic E-state index is 0.0105. The van der Waals surface area contributed by atoms with Crippen LogP contribution >= 0.6 is 0 Å². The summed E-state index contributed by atoms with van der Waals surface area (Å²) in [5.74, 6) is 0. The number of carbonyl (C=O) groups excluding carboxylic acids is 1. The zero-order valence-electron chi connectivity index (χ0n) is 18.3. The second kappa shape index (κ2) is 14.2. The lowest BCUT2D eigenvalue weighted by Gasteiger charge is -2.38. The van der Waals surface area contributed by atoms with E-state index in [-0.39, 0.29) is 17.5 Å². The molecule has 6 heteroatoms. The molecule has 0 aliphatic carbocycles. The second-order valence-corrected chi connectivity index (χ2v) is 8.32. The van der Waals surface area contributed by atoms with Crippen LogP contribution in [0.5, 0.6) is 0 Å². The molecule has 1 aliphatic rings. The summed E-state index contributed by atoms with van der Waals surface area (Å²) in [6, 6.07) is 0.326. The summed E-state index contributed by atoms with van der Waals surface area (Å²) in [6.45, 7) is 16.3. The van der Waals surface area contributed by atoms with Crippen molar-refractivity contribution in [1.82, 2.24) is 26.2 Å². The molecule has 1 fully saturated rings. The third-order valence-corrected chi connectivity index (χ3v) is 5.30.